The maximum absolute atomic E-state index is 13.2. The molecule has 1 saturated carbocycles. The number of carbonyl (C=O) groups excluding carboxylic acids is 4. The van der Waals surface area contributed by atoms with Gasteiger partial charge in [0, 0.05) is 26.2 Å². The van der Waals surface area contributed by atoms with Crippen molar-refractivity contribution in [1.29, 1.82) is 0 Å². The van der Waals surface area contributed by atoms with Crippen LogP contribution in [0.25, 0.3) is 0 Å². The van der Waals surface area contributed by atoms with Gasteiger partial charge in [-0.1, -0.05) is 50.1 Å². The van der Waals surface area contributed by atoms with Gasteiger partial charge in [0.15, 0.2) is 0 Å². The van der Waals surface area contributed by atoms with E-state index in [9.17, 15) is 19.2 Å². The van der Waals surface area contributed by atoms with Crippen LogP contribution in [0.2, 0.25) is 0 Å². The van der Waals surface area contributed by atoms with E-state index in [0.717, 1.165) is 29.7 Å². The molecule has 3 fully saturated rings. The average molecular weight is 455 g/mol. The molecule has 1 aromatic carbocycles. The molecule has 178 valence electrons. The molecule has 3 aliphatic rings. The highest BCUT2D eigenvalue weighted by Crippen LogP contribution is 2.38. The molecular formula is C25H34N4O4. The Morgan fingerprint density at radius 3 is 2.30 bits per heavy atom. The molecule has 2 heterocycles. The highest BCUT2D eigenvalue weighted by molar-refractivity contribution is 6.09. The fourth-order valence-corrected chi connectivity index (χ4v) is 5.41. The zero-order valence-electron chi connectivity index (χ0n) is 19.8. The van der Waals surface area contributed by atoms with E-state index in [0.29, 0.717) is 32.6 Å². The van der Waals surface area contributed by atoms with Gasteiger partial charge in [0.1, 0.15) is 12.1 Å². The van der Waals surface area contributed by atoms with Crippen LogP contribution < -0.4 is 5.32 Å². The van der Waals surface area contributed by atoms with Crippen molar-refractivity contribution >= 4 is 23.8 Å². The van der Waals surface area contributed by atoms with Crippen LogP contribution in [0.4, 0.5) is 4.79 Å². The van der Waals surface area contributed by atoms with Crippen LogP contribution in [0.3, 0.4) is 0 Å². The minimum Gasteiger partial charge on any atom is -0.338 e. The first-order valence-electron chi connectivity index (χ1n) is 11.9. The molecule has 2 unspecified atom stereocenters. The average Bonchev–Trinajstić information content (AvgIpc) is 3.06. The number of urea groups is 1. The number of benzene rings is 1. The van der Waals surface area contributed by atoms with Crippen LogP contribution in [0.15, 0.2) is 30.3 Å². The zero-order valence-corrected chi connectivity index (χ0v) is 19.8. The minimum absolute atomic E-state index is 0.0307. The van der Waals surface area contributed by atoms with Crippen LogP contribution in [0.5, 0.6) is 0 Å². The molecule has 0 bridgehead atoms. The topological polar surface area (TPSA) is 90.0 Å². The number of rotatable bonds is 4. The molecule has 2 aliphatic heterocycles. The summed E-state index contributed by atoms with van der Waals surface area (Å²) < 4.78 is 0. The third-order valence-corrected chi connectivity index (χ3v) is 7.74. The molecule has 0 radical (unpaired) electrons. The first-order chi connectivity index (χ1) is 15.7. The van der Waals surface area contributed by atoms with E-state index in [1.807, 2.05) is 51.1 Å². The van der Waals surface area contributed by atoms with Gasteiger partial charge in [-0.05, 0) is 38.2 Å². The van der Waals surface area contributed by atoms with E-state index in [-0.39, 0.29) is 30.2 Å². The molecule has 2 saturated heterocycles. The summed E-state index contributed by atoms with van der Waals surface area (Å²) in [5.41, 5.74) is -0.555. The molecule has 4 rings (SSSR count). The lowest BCUT2D eigenvalue weighted by Gasteiger charge is -2.39. The number of amides is 5. The van der Waals surface area contributed by atoms with Crippen molar-refractivity contribution in [3.8, 4) is 0 Å². The van der Waals surface area contributed by atoms with Crippen LogP contribution >= 0.6 is 0 Å². The second kappa shape index (κ2) is 8.80. The SMILES string of the molecule is CC1CCCCC12NC(=O)N(CC(=O)N1CCN(C(=O)C(C)(C)c3ccccc3)CC1)C2=O. The van der Waals surface area contributed by atoms with Gasteiger partial charge >= 0.3 is 6.03 Å². The smallest absolute Gasteiger partial charge is 0.325 e. The molecule has 1 spiro atoms. The summed E-state index contributed by atoms with van der Waals surface area (Å²) in [6, 6.07) is 9.21. The minimum atomic E-state index is -0.857. The van der Waals surface area contributed by atoms with Crippen molar-refractivity contribution in [3.05, 3.63) is 35.9 Å². The highest BCUT2D eigenvalue weighted by Gasteiger charge is 2.55. The Labute approximate surface area is 195 Å². The van der Waals surface area contributed by atoms with E-state index in [4.69, 9.17) is 0 Å². The van der Waals surface area contributed by atoms with Gasteiger partial charge in [-0.2, -0.15) is 0 Å². The third kappa shape index (κ3) is 4.11. The Morgan fingerprint density at radius 1 is 1.03 bits per heavy atom. The summed E-state index contributed by atoms with van der Waals surface area (Å²) in [7, 11) is 0. The fourth-order valence-electron chi connectivity index (χ4n) is 5.41. The number of hydrogen-bond donors (Lipinski definition) is 1. The molecule has 5 amide bonds. The quantitative estimate of drug-likeness (QED) is 0.706. The van der Waals surface area contributed by atoms with Gasteiger partial charge in [-0.3, -0.25) is 19.3 Å². The molecule has 2 atom stereocenters. The summed E-state index contributed by atoms with van der Waals surface area (Å²) in [4.78, 5) is 56.4. The predicted molar refractivity (Wildman–Crippen MR) is 123 cm³/mol. The molecule has 1 aliphatic carbocycles. The second-order valence-electron chi connectivity index (χ2n) is 10.1. The maximum Gasteiger partial charge on any atom is 0.325 e. The van der Waals surface area contributed by atoms with Gasteiger partial charge in [-0.25, -0.2) is 4.79 Å². The van der Waals surface area contributed by atoms with Crippen LogP contribution in [0.1, 0.15) is 52.0 Å². The van der Waals surface area contributed by atoms with Crippen molar-refractivity contribution in [3.63, 3.8) is 0 Å². The Balaban J connectivity index is 1.35. The summed E-state index contributed by atoms with van der Waals surface area (Å²) in [5, 5.41) is 2.90. The first-order valence-corrected chi connectivity index (χ1v) is 11.9. The number of nitrogens with zero attached hydrogens (tertiary/aromatic N) is 3. The van der Waals surface area contributed by atoms with Crippen molar-refractivity contribution in [2.45, 2.75) is 57.4 Å². The summed E-state index contributed by atoms with van der Waals surface area (Å²) >= 11 is 0. The van der Waals surface area contributed by atoms with E-state index in [1.54, 1.807) is 9.80 Å². The summed E-state index contributed by atoms with van der Waals surface area (Å²) in [6.07, 6.45) is 3.47. The van der Waals surface area contributed by atoms with E-state index >= 15 is 0 Å². The van der Waals surface area contributed by atoms with Crippen molar-refractivity contribution < 1.29 is 19.2 Å². The van der Waals surface area contributed by atoms with Crippen molar-refractivity contribution in [2.24, 2.45) is 5.92 Å². The number of piperazine rings is 1. The van der Waals surface area contributed by atoms with Crippen LogP contribution in [-0.4, -0.2) is 76.7 Å². The van der Waals surface area contributed by atoms with Crippen LogP contribution in [-0.2, 0) is 19.8 Å². The number of carbonyl (C=O) groups is 4. The Morgan fingerprint density at radius 2 is 1.67 bits per heavy atom. The van der Waals surface area contributed by atoms with E-state index in [2.05, 4.69) is 5.32 Å². The van der Waals surface area contributed by atoms with Gasteiger partial charge in [0.25, 0.3) is 5.91 Å². The fraction of sp³-hybridized carbons (Fsp3) is 0.600. The molecule has 0 aromatic heterocycles. The monoisotopic (exact) mass is 454 g/mol. The molecule has 33 heavy (non-hydrogen) atoms. The van der Waals surface area contributed by atoms with E-state index in [1.165, 1.54) is 0 Å². The number of hydrogen-bond acceptors (Lipinski definition) is 4. The maximum atomic E-state index is 13.2. The van der Waals surface area contributed by atoms with Crippen molar-refractivity contribution in [2.75, 3.05) is 32.7 Å². The second-order valence-corrected chi connectivity index (χ2v) is 10.1. The first kappa shape index (κ1) is 23.3. The molecule has 8 nitrogen and oxygen atoms in total. The summed E-state index contributed by atoms with van der Waals surface area (Å²) in [5.74, 6) is -0.437. The predicted octanol–water partition coefficient (Wildman–Crippen LogP) is 2.14. The van der Waals surface area contributed by atoms with Gasteiger partial charge < -0.3 is 15.1 Å². The normalized spacial score (nSPS) is 26.0. The lowest BCUT2D eigenvalue weighted by Crippen LogP contribution is -2.56. The lowest BCUT2D eigenvalue weighted by molar-refractivity contribution is -0.144. The molecule has 1 N–H and O–H groups in total. The largest absolute Gasteiger partial charge is 0.338 e. The number of imide groups is 1. The zero-order chi connectivity index (χ0) is 23.8. The summed E-state index contributed by atoms with van der Waals surface area (Å²) in [6.45, 7) is 7.23. The molecule has 1 aromatic rings. The molecule has 8 heteroatoms. The molecular weight excluding hydrogens is 420 g/mol. The standard InChI is InChI=1S/C25H34N4O4/c1-18-9-7-8-12-25(18)22(32)29(23(33)26-25)17-20(30)27-13-15-28(16-14-27)21(31)24(2,3)19-10-5-4-6-11-19/h4-6,10-11,18H,7-9,12-17H2,1-3H3,(H,26,33). The third-order valence-electron chi connectivity index (χ3n) is 7.74. The number of nitrogens with one attached hydrogen (secondary N) is 1. The Kier molecular flexibility index (Phi) is 6.20. The van der Waals surface area contributed by atoms with Gasteiger partial charge in [0.2, 0.25) is 11.8 Å². The van der Waals surface area contributed by atoms with Crippen LogP contribution in [0, 0.1) is 5.92 Å². The Bertz CT molecular complexity index is 939. The van der Waals surface area contributed by atoms with Crippen molar-refractivity contribution in [1.82, 2.24) is 20.0 Å². The lowest BCUT2D eigenvalue weighted by atomic mass is 9.73. The van der Waals surface area contributed by atoms with E-state index < -0.39 is 17.0 Å². The van der Waals surface area contributed by atoms with Gasteiger partial charge in [0.05, 0.1) is 5.41 Å². The Hall–Kier alpha value is -2.90. The van der Waals surface area contributed by atoms with Gasteiger partial charge in [-0.15, -0.1) is 0 Å². The highest BCUT2D eigenvalue weighted by atomic mass is 16.2.